The lowest BCUT2D eigenvalue weighted by Crippen LogP contribution is -2.31. The summed E-state index contributed by atoms with van der Waals surface area (Å²) in [4.78, 5) is 4.50. The molecule has 24 heavy (non-hydrogen) atoms. The van der Waals surface area contributed by atoms with E-state index in [1.807, 2.05) is 24.3 Å². The molecule has 1 N–H and O–H groups in total. The summed E-state index contributed by atoms with van der Waals surface area (Å²) in [7, 11) is 1.60. The molecular formula is C18H18BrFN2OS. The highest BCUT2D eigenvalue weighted by atomic mass is 79.9. The molecule has 1 heterocycles. The minimum atomic E-state index is -0.472. The Hall–Kier alpha value is -1.53. The van der Waals surface area contributed by atoms with Crippen molar-refractivity contribution < 1.29 is 9.13 Å². The Bertz CT molecular complexity index is 782. The molecule has 0 radical (unpaired) electrons. The van der Waals surface area contributed by atoms with Crippen molar-refractivity contribution in [1.29, 1.82) is 0 Å². The average Bonchev–Trinajstić information content (AvgIpc) is 2.61. The molecule has 3 rings (SSSR count). The molecule has 0 bridgehead atoms. The number of rotatable bonds is 4. The van der Waals surface area contributed by atoms with Gasteiger partial charge in [0.05, 0.1) is 12.4 Å². The molecule has 1 atom stereocenters. The summed E-state index contributed by atoms with van der Waals surface area (Å²) >= 11 is 8.18. The Morgan fingerprint density at radius 1 is 1.33 bits per heavy atom. The molecule has 1 aliphatic heterocycles. The normalized spacial score (nSPS) is 15.4. The van der Waals surface area contributed by atoms with Crippen molar-refractivity contribution in [2.75, 3.05) is 20.2 Å². The molecule has 2 aromatic rings. The number of benzene rings is 2. The lowest BCUT2D eigenvalue weighted by Gasteiger charge is -2.22. The molecule has 1 unspecified atom stereocenters. The van der Waals surface area contributed by atoms with Gasteiger partial charge in [-0.25, -0.2) is 4.39 Å². The van der Waals surface area contributed by atoms with Gasteiger partial charge in [0.1, 0.15) is 17.4 Å². The number of methoxy groups -OCH3 is 1. The van der Waals surface area contributed by atoms with Crippen LogP contribution in [0.5, 0.6) is 5.75 Å². The van der Waals surface area contributed by atoms with Gasteiger partial charge in [-0.3, -0.25) is 4.99 Å². The van der Waals surface area contributed by atoms with Gasteiger partial charge in [0.25, 0.3) is 0 Å². The maximum absolute atomic E-state index is 14.7. The largest absolute Gasteiger partial charge is 0.496 e. The van der Waals surface area contributed by atoms with Crippen LogP contribution in [0.25, 0.3) is 0 Å². The van der Waals surface area contributed by atoms with Crippen LogP contribution in [0.2, 0.25) is 0 Å². The van der Waals surface area contributed by atoms with Crippen molar-refractivity contribution in [2.45, 2.75) is 11.7 Å². The molecule has 0 saturated heterocycles. The van der Waals surface area contributed by atoms with Gasteiger partial charge in [-0.2, -0.15) is 12.6 Å². The van der Waals surface area contributed by atoms with Crippen molar-refractivity contribution in [3.05, 3.63) is 63.4 Å². The van der Waals surface area contributed by atoms with Gasteiger partial charge in [0.2, 0.25) is 0 Å². The number of thiol groups is 1. The first-order valence-electron chi connectivity index (χ1n) is 7.70. The summed E-state index contributed by atoms with van der Waals surface area (Å²) in [5.41, 5.74) is 2.06. The third kappa shape index (κ3) is 3.44. The predicted octanol–water partition coefficient (Wildman–Crippen LogP) is 4.36. The third-order valence-electron chi connectivity index (χ3n) is 3.97. The van der Waals surface area contributed by atoms with Crippen LogP contribution in [-0.2, 0) is 0 Å². The first kappa shape index (κ1) is 17.3. The summed E-state index contributed by atoms with van der Waals surface area (Å²) in [5.74, 6) is 1.10. The maximum atomic E-state index is 14.7. The molecule has 0 aromatic heterocycles. The van der Waals surface area contributed by atoms with Crippen molar-refractivity contribution in [1.82, 2.24) is 5.32 Å². The molecule has 0 aliphatic carbocycles. The smallest absolute Gasteiger partial charge is 0.128 e. The number of nitrogens with one attached hydrogen (secondary N) is 1. The molecule has 1 aliphatic rings. The van der Waals surface area contributed by atoms with Crippen molar-refractivity contribution in [3.63, 3.8) is 0 Å². The number of hydrogen-bond donors (Lipinski definition) is 2. The predicted molar refractivity (Wildman–Crippen MR) is 102 cm³/mol. The van der Waals surface area contributed by atoms with E-state index in [0.717, 1.165) is 40.9 Å². The third-order valence-corrected chi connectivity index (χ3v) is 4.99. The van der Waals surface area contributed by atoms with Crippen molar-refractivity contribution in [3.8, 4) is 5.75 Å². The second-order valence-electron chi connectivity index (χ2n) is 5.50. The van der Waals surface area contributed by atoms with Crippen LogP contribution in [0.4, 0.5) is 4.39 Å². The zero-order chi connectivity index (χ0) is 17.1. The van der Waals surface area contributed by atoms with E-state index in [2.05, 4.69) is 26.2 Å². The Morgan fingerprint density at radius 2 is 2.17 bits per heavy atom. The molecule has 0 amide bonds. The summed E-state index contributed by atoms with van der Waals surface area (Å²) in [6, 6.07) is 10.7. The maximum Gasteiger partial charge on any atom is 0.128 e. The van der Waals surface area contributed by atoms with E-state index >= 15 is 0 Å². The number of hydrogen-bond acceptors (Lipinski definition) is 4. The molecule has 0 saturated carbocycles. The van der Waals surface area contributed by atoms with Gasteiger partial charge in [-0.1, -0.05) is 28.1 Å². The number of amidine groups is 1. The van der Waals surface area contributed by atoms with Crippen LogP contribution in [0.1, 0.15) is 28.4 Å². The van der Waals surface area contributed by atoms with Gasteiger partial charge >= 0.3 is 0 Å². The summed E-state index contributed by atoms with van der Waals surface area (Å²) in [5, 5.41) is 2.79. The Kier molecular flexibility index (Phi) is 5.46. The Balaban J connectivity index is 2.12. The highest BCUT2D eigenvalue weighted by Gasteiger charge is 2.24. The fourth-order valence-corrected chi connectivity index (χ4v) is 3.65. The fraction of sp³-hybridized carbons (Fsp3) is 0.278. The first-order chi connectivity index (χ1) is 11.6. The van der Waals surface area contributed by atoms with Gasteiger partial charge in [-0.15, -0.1) is 0 Å². The molecular weight excluding hydrogens is 391 g/mol. The van der Waals surface area contributed by atoms with E-state index in [1.54, 1.807) is 13.2 Å². The minimum Gasteiger partial charge on any atom is -0.496 e. The quantitative estimate of drug-likeness (QED) is 0.736. The highest BCUT2D eigenvalue weighted by molar-refractivity contribution is 9.10. The van der Waals surface area contributed by atoms with Crippen molar-refractivity contribution in [2.24, 2.45) is 4.99 Å². The van der Waals surface area contributed by atoms with E-state index < -0.39 is 5.25 Å². The first-order valence-corrected chi connectivity index (χ1v) is 9.01. The van der Waals surface area contributed by atoms with Crippen LogP contribution in [0.3, 0.4) is 0 Å². The molecule has 0 fully saturated rings. The summed E-state index contributed by atoms with van der Waals surface area (Å²) in [6.45, 7) is 1.59. The zero-order valence-electron chi connectivity index (χ0n) is 13.2. The lowest BCUT2D eigenvalue weighted by atomic mass is 9.96. The molecule has 2 aromatic carbocycles. The number of aliphatic imine (C=N–C) groups is 1. The van der Waals surface area contributed by atoms with E-state index in [1.165, 1.54) is 6.07 Å². The summed E-state index contributed by atoms with van der Waals surface area (Å²) < 4.78 is 21.0. The van der Waals surface area contributed by atoms with Gasteiger partial charge in [-0.05, 0) is 30.7 Å². The van der Waals surface area contributed by atoms with E-state index in [0.29, 0.717) is 11.3 Å². The second kappa shape index (κ2) is 7.57. The molecule has 0 spiro atoms. The Morgan fingerprint density at radius 3 is 2.88 bits per heavy atom. The monoisotopic (exact) mass is 408 g/mol. The van der Waals surface area contributed by atoms with E-state index in [-0.39, 0.29) is 5.82 Å². The van der Waals surface area contributed by atoms with Crippen molar-refractivity contribution >= 4 is 34.4 Å². The average molecular weight is 409 g/mol. The van der Waals surface area contributed by atoms with Crippen LogP contribution in [-0.4, -0.2) is 26.0 Å². The number of halogens is 2. The molecule has 3 nitrogen and oxygen atoms in total. The zero-order valence-corrected chi connectivity index (χ0v) is 15.7. The molecule has 126 valence electrons. The van der Waals surface area contributed by atoms with Crippen LogP contribution < -0.4 is 10.1 Å². The van der Waals surface area contributed by atoms with Gasteiger partial charge in [0.15, 0.2) is 0 Å². The van der Waals surface area contributed by atoms with Gasteiger partial charge < -0.3 is 10.1 Å². The lowest BCUT2D eigenvalue weighted by molar-refractivity contribution is 0.410. The topological polar surface area (TPSA) is 33.6 Å². The van der Waals surface area contributed by atoms with E-state index in [9.17, 15) is 4.39 Å². The summed E-state index contributed by atoms with van der Waals surface area (Å²) in [6.07, 6.45) is 0.984. The SMILES string of the molecule is COc1ccc(Br)cc1C(S)c1c(F)cccc1C1=NCCCN1. The fourth-order valence-electron chi connectivity index (χ4n) is 2.81. The van der Waals surface area contributed by atoms with Gasteiger partial charge in [0, 0.05) is 34.3 Å². The van der Waals surface area contributed by atoms with Crippen LogP contribution in [0, 0.1) is 5.82 Å². The highest BCUT2D eigenvalue weighted by Crippen LogP contribution is 2.39. The van der Waals surface area contributed by atoms with Crippen LogP contribution in [0.15, 0.2) is 45.9 Å². The standard InChI is InChI=1S/C18H18BrFN2OS/c1-23-15-7-6-11(19)10-13(15)17(24)16-12(4-2-5-14(16)20)18-21-8-3-9-22-18/h2,4-7,10,17,24H,3,8-9H2,1H3,(H,21,22). The minimum absolute atomic E-state index is 0.301. The number of ether oxygens (including phenoxy) is 1. The van der Waals surface area contributed by atoms with Crippen LogP contribution >= 0.6 is 28.6 Å². The second-order valence-corrected chi connectivity index (χ2v) is 6.93. The molecule has 6 heteroatoms. The number of nitrogens with zero attached hydrogens (tertiary/aromatic N) is 1. The Labute approximate surface area is 154 Å². The van der Waals surface area contributed by atoms with E-state index in [4.69, 9.17) is 17.4 Å².